The summed E-state index contributed by atoms with van der Waals surface area (Å²) in [5.74, 6) is 0.391. The Kier molecular flexibility index (Phi) is 4.67. The van der Waals surface area contributed by atoms with E-state index >= 15 is 0 Å². The second-order valence-corrected chi connectivity index (χ2v) is 9.02. The van der Waals surface area contributed by atoms with Crippen molar-refractivity contribution in [2.45, 2.75) is 38.8 Å². The van der Waals surface area contributed by atoms with Crippen molar-refractivity contribution >= 4 is 22.8 Å². The van der Waals surface area contributed by atoms with Gasteiger partial charge in [-0.15, -0.1) is 0 Å². The molecule has 1 saturated heterocycles. The zero-order valence-corrected chi connectivity index (χ0v) is 18.4. The van der Waals surface area contributed by atoms with Gasteiger partial charge in [0.15, 0.2) is 11.5 Å². The van der Waals surface area contributed by atoms with Crippen molar-refractivity contribution in [1.29, 1.82) is 5.26 Å². The van der Waals surface area contributed by atoms with Crippen LogP contribution in [0.25, 0.3) is 28.1 Å². The van der Waals surface area contributed by atoms with Crippen molar-refractivity contribution in [2.75, 3.05) is 13.1 Å². The number of likely N-dealkylation sites (tertiary alicyclic amines) is 1. The summed E-state index contributed by atoms with van der Waals surface area (Å²) < 4.78 is 8.69. The van der Waals surface area contributed by atoms with Gasteiger partial charge in [0.05, 0.1) is 41.1 Å². The molecule has 0 aliphatic carbocycles. The van der Waals surface area contributed by atoms with Gasteiger partial charge in [-0.1, -0.05) is 0 Å². The third-order valence-electron chi connectivity index (χ3n) is 5.53. The van der Waals surface area contributed by atoms with E-state index in [4.69, 9.17) is 4.74 Å². The molecule has 5 heterocycles. The highest BCUT2D eigenvalue weighted by atomic mass is 16.6. The number of aromatic amines is 1. The van der Waals surface area contributed by atoms with Crippen molar-refractivity contribution in [3.8, 4) is 17.5 Å². The first kappa shape index (κ1) is 20.7. The summed E-state index contributed by atoms with van der Waals surface area (Å²) in [6.45, 7) is 6.30. The lowest BCUT2D eigenvalue weighted by atomic mass is 10.2. The van der Waals surface area contributed by atoms with Crippen molar-refractivity contribution in [1.82, 2.24) is 34.0 Å². The van der Waals surface area contributed by atoms with Gasteiger partial charge in [0.2, 0.25) is 0 Å². The predicted octanol–water partition coefficient (Wildman–Crippen LogP) is 2.49. The Balaban J connectivity index is 1.52. The van der Waals surface area contributed by atoms with Crippen LogP contribution in [0.2, 0.25) is 0 Å². The highest BCUT2D eigenvalue weighted by Gasteiger charge is 2.32. The number of H-pyrrole nitrogens is 1. The number of hydrogen-bond acceptors (Lipinski definition) is 7. The van der Waals surface area contributed by atoms with E-state index in [9.17, 15) is 14.9 Å². The summed E-state index contributed by atoms with van der Waals surface area (Å²) in [6.07, 6.45) is 5.10. The minimum Gasteiger partial charge on any atom is -0.444 e. The molecular formula is C22H22N8O3. The van der Waals surface area contributed by atoms with Gasteiger partial charge in [-0.25, -0.2) is 24.1 Å². The average Bonchev–Trinajstić information content (AvgIpc) is 3.47. The van der Waals surface area contributed by atoms with Crippen LogP contribution in [-0.4, -0.2) is 58.8 Å². The topological polar surface area (TPSA) is 134 Å². The van der Waals surface area contributed by atoms with Crippen molar-refractivity contribution < 1.29 is 9.53 Å². The van der Waals surface area contributed by atoms with Gasteiger partial charge in [-0.2, -0.15) is 10.4 Å². The third-order valence-corrected chi connectivity index (χ3v) is 5.53. The Morgan fingerprint density at radius 2 is 2.15 bits per heavy atom. The van der Waals surface area contributed by atoms with E-state index in [2.05, 4.69) is 26.1 Å². The first-order valence-electron chi connectivity index (χ1n) is 10.6. The molecule has 4 aromatic heterocycles. The predicted molar refractivity (Wildman–Crippen MR) is 119 cm³/mol. The van der Waals surface area contributed by atoms with Gasteiger partial charge in [0.1, 0.15) is 11.1 Å². The summed E-state index contributed by atoms with van der Waals surface area (Å²) in [5.41, 5.74) is 1.90. The Morgan fingerprint density at radius 3 is 2.91 bits per heavy atom. The van der Waals surface area contributed by atoms with E-state index in [1.807, 2.05) is 20.8 Å². The Hall–Kier alpha value is -4.20. The molecule has 1 aliphatic rings. The SMILES string of the molecule is CC(C)(C)OC(=O)N1CC[C@H](n2c(=O)[nH]c3cnc(-c4cnn5ccc(C#N)cc45)nc32)C1. The second kappa shape index (κ2) is 7.44. The normalized spacial score (nSPS) is 16.4. The lowest BCUT2D eigenvalue weighted by Crippen LogP contribution is -2.36. The zero-order chi connectivity index (χ0) is 23.3. The molecule has 11 heteroatoms. The molecule has 0 unspecified atom stereocenters. The number of nitriles is 1. The molecule has 1 N–H and O–H groups in total. The molecule has 168 valence electrons. The van der Waals surface area contributed by atoms with E-state index in [1.54, 1.807) is 44.7 Å². The molecule has 0 bridgehead atoms. The average molecular weight is 446 g/mol. The molecule has 1 atom stereocenters. The largest absolute Gasteiger partial charge is 0.444 e. The van der Waals surface area contributed by atoms with Gasteiger partial charge in [-0.05, 0) is 39.3 Å². The van der Waals surface area contributed by atoms with E-state index in [-0.39, 0.29) is 11.7 Å². The van der Waals surface area contributed by atoms with Crippen LogP contribution >= 0.6 is 0 Å². The van der Waals surface area contributed by atoms with Gasteiger partial charge >= 0.3 is 11.8 Å². The van der Waals surface area contributed by atoms with Crippen molar-refractivity contribution in [3.05, 3.63) is 46.8 Å². The number of nitrogens with zero attached hydrogens (tertiary/aromatic N) is 7. The van der Waals surface area contributed by atoms with Gasteiger partial charge in [0.25, 0.3) is 0 Å². The quantitative estimate of drug-likeness (QED) is 0.500. The summed E-state index contributed by atoms with van der Waals surface area (Å²) >= 11 is 0. The van der Waals surface area contributed by atoms with Crippen LogP contribution in [0.15, 0.2) is 35.5 Å². The number of amides is 1. The summed E-state index contributed by atoms with van der Waals surface area (Å²) in [6, 6.07) is 5.27. The van der Waals surface area contributed by atoms with Crippen LogP contribution < -0.4 is 5.69 Å². The van der Waals surface area contributed by atoms with E-state index in [1.165, 1.54) is 0 Å². The number of carbonyl (C=O) groups is 1. The smallest absolute Gasteiger partial charge is 0.410 e. The van der Waals surface area contributed by atoms with Crippen LogP contribution in [0.1, 0.15) is 38.8 Å². The summed E-state index contributed by atoms with van der Waals surface area (Å²) in [7, 11) is 0. The molecule has 1 amide bonds. The van der Waals surface area contributed by atoms with Gasteiger partial charge in [0, 0.05) is 19.3 Å². The fourth-order valence-electron chi connectivity index (χ4n) is 4.05. The fourth-order valence-corrected chi connectivity index (χ4v) is 4.05. The number of fused-ring (bicyclic) bond motifs is 2. The highest BCUT2D eigenvalue weighted by molar-refractivity contribution is 5.80. The van der Waals surface area contributed by atoms with Crippen LogP contribution in [-0.2, 0) is 4.74 Å². The second-order valence-electron chi connectivity index (χ2n) is 9.02. The highest BCUT2D eigenvalue weighted by Crippen LogP contribution is 2.27. The number of ether oxygens (including phenoxy) is 1. The Labute approximate surface area is 188 Å². The number of imidazole rings is 1. The number of hydrogen-bond donors (Lipinski definition) is 1. The molecule has 11 nitrogen and oxygen atoms in total. The number of pyridine rings is 1. The van der Waals surface area contributed by atoms with E-state index in [0.717, 1.165) is 0 Å². The van der Waals surface area contributed by atoms with Crippen molar-refractivity contribution in [3.63, 3.8) is 0 Å². The fraction of sp³-hybridized carbons (Fsp3) is 0.364. The lowest BCUT2D eigenvalue weighted by Gasteiger charge is -2.24. The number of carbonyl (C=O) groups excluding carboxylic acids is 1. The molecule has 0 spiro atoms. The first-order valence-corrected chi connectivity index (χ1v) is 10.6. The number of aromatic nitrogens is 6. The molecule has 1 aliphatic heterocycles. The minimum atomic E-state index is -0.589. The third kappa shape index (κ3) is 3.69. The molecule has 0 saturated carbocycles. The summed E-state index contributed by atoms with van der Waals surface area (Å²) in [4.78, 5) is 38.7. The molecule has 1 fully saturated rings. The zero-order valence-electron chi connectivity index (χ0n) is 18.4. The summed E-state index contributed by atoms with van der Waals surface area (Å²) in [5, 5.41) is 13.5. The van der Waals surface area contributed by atoms with Crippen LogP contribution in [0.5, 0.6) is 0 Å². The maximum atomic E-state index is 12.8. The molecule has 0 radical (unpaired) electrons. The van der Waals surface area contributed by atoms with Gasteiger partial charge < -0.3 is 14.6 Å². The molecule has 33 heavy (non-hydrogen) atoms. The van der Waals surface area contributed by atoms with E-state index < -0.39 is 11.7 Å². The Morgan fingerprint density at radius 1 is 1.33 bits per heavy atom. The number of rotatable bonds is 2. The minimum absolute atomic E-state index is 0.240. The lowest BCUT2D eigenvalue weighted by molar-refractivity contribution is 0.0289. The molecule has 4 aromatic rings. The van der Waals surface area contributed by atoms with Crippen LogP contribution in [0.3, 0.4) is 0 Å². The molecule has 5 rings (SSSR count). The molecular weight excluding hydrogens is 424 g/mol. The standard InChI is InChI=1S/C22H22N8O3/c1-22(2,3)33-21(32)28-6-5-14(12-28)30-19-16(26-20(30)31)11-24-18(27-19)15-10-25-29-7-4-13(9-23)8-17(15)29/h4,7-8,10-11,14H,5-6,12H2,1-3H3,(H,26,31)/t14-/m0/s1. The monoisotopic (exact) mass is 446 g/mol. The Bertz CT molecular complexity index is 1480. The maximum Gasteiger partial charge on any atom is 0.410 e. The first-order chi connectivity index (χ1) is 15.7. The van der Waals surface area contributed by atoms with E-state index in [0.29, 0.717) is 53.1 Å². The molecule has 0 aromatic carbocycles. The van der Waals surface area contributed by atoms with Crippen LogP contribution in [0, 0.1) is 11.3 Å². The number of nitrogens with one attached hydrogen (secondary N) is 1. The maximum absolute atomic E-state index is 12.8. The van der Waals surface area contributed by atoms with Gasteiger partial charge in [-0.3, -0.25) is 4.57 Å². The van der Waals surface area contributed by atoms with Crippen LogP contribution in [0.4, 0.5) is 4.79 Å². The van der Waals surface area contributed by atoms with Crippen molar-refractivity contribution in [2.24, 2.45) is 0 Å².